The summed E-state index contributed by atoms with van der Waals surface area (Å²) in [7, 11) is 0. The number of rotatable bonds is 3. The van der Waals surface area contributed by atoms with Gasteiger partial charge in [-0.3, -0.25) is 4.79 Å². The molecule has 84 valence electrons. The minimum Gasteiger partial charge on any atom is -0.323 e. The summed E-state index contributed by atoms with van der Waals surface area (Å²) in [4.78, 5) is 15.6. The second-order valence-corrected chi connectivity index (χ2v) is 4.78. The van der Waals surface area contributed by atoms with E-state index in [2.05, 4.69) is 10.3 Å². The summed E-state index contributed by atoms with van der Waals surface area (Å²) in [6.07, 6.45) is 0.262. The fourth-order valence-corrected chi connectivity index (χ4v) is 2.37. The van der Waals surface area contributed by atoms with Gasteiger partial charge in [-0.25, -0.2) is 4.98 Å². The summed E-state index contributed by atoms with van der Waals surface area (Å²) >= 11 is 13.0. The van der Waals surface area contributed by atoms with Gasteiger partial charge in [-0.15, -0.1) is 22.9 Å². The minimum atomic E-state index is -0.155. The second kappa shape index (κ2) is 4.99. The molecule has 0 aliphatic heterocycles. The zero-order valence-corrected chi connectivity index (χ0v) is 10.5. The van der Waals surface area contributed by atoms with Gasteiger partial charge in [0.15, 0.2) is 0 Å². The summed E-state index contributed by atoms with van der Waals surface area (Å²) in [5.74, 6) is 0.133. The van der Waals surface area contributed by atoms with E-state index in [0.717, 1.165) is 10.2 Å². The number of hydrogen-bond donors (Lipinski definition) is 1. The molecular weight excluding hydrogens is 267 g/mol. The van der Waals surface area contributed by atoms with Crippen molar-refractivity contribution in [2.75, 3.05) is 11.2 Å². The van der Waals surface area contributed by atoms with Crippen LogP contribution in [0.25, 0.3) is 10.2 Å². The van der Waals surface area contributed by atoms with Crippen molar-refractivity contribution in [2.45, 2.75) is 6.42 Å². The number of thiazole rings is 1. The van der Waals surface area contributed by atoms with Crippen molar-refractivity contribution in [3.05, 3.63) is 22.7 Å². The van der Waals surface area contributed by atoms with E-state index in [9.17, 15) is 4.79 Å². The van der Waals surface area contributed by atoms with Crippen LogP contribution in [0.2, 0.25) is 5.02 Å². The fourth-order valence-electron chi connectivity index (χ4n) is 1.31. The molecule has 0 saturated carbocycles. The maximum absolute atomic E-state index is 11.5. The first-order chi connectivity index (χ1) is 7.72. The normalized spacial score (nSPS) is 10.6. The third kappa shape index (κ3) is 2.29. The largest absolute Gasteiger partial charge is 0.323 e. The number of fused-ring (bicyclic) bond motifs is 1. The Hall–Kier alpha value is -0.840. The molecule has 1 aromatic heterocycles. The molecule has 0 aliphatic rings. The summed E-state index contributed by atoms with van der Waals surface area (Å²) in [5, 5.41) is 3.22. The number of anilines is 1. The first kappa shape index (κ1) is 11.6. The average Bonchev–Trinajstić information content (AvgIpc) is 2.71. The highest BCUT2D eigenvalue weighted by atomic mass is 35.5. The highest BCUT2D eigenvalue weighted by molar-refractivity contribution is 7.16. The number of amides is 1. The third-order valence-corrected chi connectivity index (χ3v) is 3.34. The number of carbonyl (C=O) groups is 1. The number of nitrogens with one attached hydrogen (secondary N) is 1. The van der Waals surface area contributed by atoms with Gasteiger partial charge in [-0.05, 0) is 12.1 Å². The van der Waals surface area contributed by atoms with E-state index in [1.807, 2.05) is 6.07 Å². The van der Waals surface area contributed by atoms with Crippen molar-refractivity contribution in [1.82, 2.24) is 4.98 Å². The molecule has 3 nitrogen and oxygen atoms in total. The molecule has 0 unspecified atom stereocenters. The van der Waals surface area contributed by atoms with E-state index in [4.69, 9.17) is 23.2 Å². The van der Waals surface area contributed by atoms with Crippen molar-refractivity contribution < 1.29 is 4.79 Å². The summed E-state index contributed by atoms with van der Waals surface area (Å²) in [5.41, 5.74) is 3.01. The van der Waals surface area contributed by atoms with Gasteiger partial charge >= 0.3 is 0 Å². The maximum Gasteiger partial charge on any atom is 0.225 e. The van der Waals surface area contributed by atoms with Crippen LogP contribution in [0.3, 0.4) is 0 Å². The van der Waals surface area contributed by atoms with Crippen LogP contribution >= 0.6 is 34.5 Å². The smallest absolute Gasteiger partial charge is 0.225 e. The number of benzene rings is 1. The van der Waals surface area contributed by atoms with Gasteiger partial charge in [0.25, 0.3) is 0 Å². The molecule has 6 heteroatoms. The third-order valence-electron chi connectivity index (χ3n) is 2.04. The standard InChI is InChI=1S/C10H8Cl2N2OS/c11-4-3-8(15)14-9-6(12)1-2-7-10(9)13-5-16-7/h1-2,5H,3-4H2,(H,14,15). The molecule has 1 amide bonds. The molecule has 1 aromatic carbocycles. The van der Waals surface area contributed by atoms with E-state index < -0.39 is 0 Å². The average molecular weight is 275 g/mol. The van der Waals surface area contributed by atoms with Gasteiger partial charge in [0.1, 0.15) is 5.52 Å². The Bertz CT molecular complexity index is 527. The number of alkyl halides is 1. The second-order valence-electron chi connectivity index (χ2n) is 3.11. The Kier molecular flexibility index (Phi) is 3.63. The predicted octanol–water partition coefficient (Wildman–Crippen LogP) is 3.52. The lowest BCUT2D eigenvalue weighted by atomic mass is 10.2. The van der Waals surface area contributed by atoms with Crippen LogP contribution < -0.4 is 5.32 Å². The number of aromatic nitrogens is 1. The van der Waals surface area contributed by atoms with Crippen molar-refractivity contribution in [3.8, 4) is 0 Å². The van der Waals surface area contributed by atoms with E-state index in [-0.39, 0.29) is 18.2 Å². The molecule has 0 spiro atoms. The lowest BCUT2D eigenvalue weighted by Crippen LogP contribution is -2.12. The van der Waals surface area contributed by atoms with Crippen LogP contribution in [0.1, 0.15) is 6.42 Å². The zero-order chi connectivity index (χ0) is 11.5. The number of nitrogens with zero attached hydrogens (tertiary/aromatic N) is 1. The van der Waals surface area contributed by atoms with Crippen LogP contribution in [-0.2, 0) is 4.79 Å². The topological polar surface area (TPSA) is 42.0 Å². The molecule has 0 saturated heterocycles. The van der Waals surface area contributed by atoms with Crippen molar-refractivity contribution in [2.24, 2.45) is 0 Å². The van der Waals surface area contributed by atoms with Crippen LogP contribution in [0.5, 0.6) is 0 Å². The lowest BCUT2D eigenvalue weighted by molar-refractivity contribution is -0.115. The van der Waals surface area contributed by atoms with Gasteiger partial charge < -0.3 is 5.32 Å². The molecule has 0 radical (unpaired) electrons. The Morgan fingerprint density at radius 2 is 2.31 bits per heavy atom. The van der Waals surface area contributed by atoms with Gasteiger partial charge in [-0.2, -0.15) is 0 Å². The van der Waals surface area contributed by atoms with Crippen LogP contribution in [0.4, 0.5) is 5.69 Å². The molecule has 0 bridgehead atoms. The van der Waals surface area contributed by atoms with Gasteiger partial charge in [0, 0.05) is 12.3 Å². The minimum absolute atomic E-state index is 0.155. The molecule has 0 aliphatic carbocycles. The highest BCUT2D eigenvalue weighted by Gasteiger charge is 2.11. The molecule has 0 fully saturated rings. The molecule has 0 atom stereocenters. The number of hydrogen-bond acceptors (Lipinski definition) is 3. The Morgan fingerprint density at radius 3 is 3.06 bits per heavy atom. The molecule has 16 heavy (non-hydrogen) atoms. The molecule has 2 aromatic rings. The molecule has 1 heterocycles. The van der Waals surface area contributed by atoms with E-state index in [0.29, 0.717) is 10.7 Å². The van der Waals surface area contributed by atoms with E-state index in [1.54, 1.807) is 11.6 Å². The monoisotopic (exact) mass is 274 g/mol. The Labute approximate surface area is 106 Å². The van der Waals surface area contributed by atoms with Gasteiger partial charge in [0.2, 0.25) is 5.91 Å². The van der Waals surface area contributed by atoms with Crippen molar-refractivity contribution >= 4 is 56.3 Å². The van der Waals surface area contributed by atoms with Crippen LogP contribution in [0.15, 0.2) is 17.6 Å². The number of halogens is 2. The summed E-state index contributed by atoms with van der Waals surface area (Å²) < 4.78 is 0.991. The number of carbonyl (C=O) groups excluding carboxylic acids is 1. The van der Waals surface area contributed by atoms with E-state index in [1.165, 1.54) is 11.3 Å². The van der Waals surface area contributed by atoms with Gasteiger partial charge in [0.05, 0.1) is 20.9 Å². The Morgan fingerprint density at radius 1 is 1.50 bits per heavy atom. The molecule has 2 rings (SSSR count). The quantitative estimate of drug-likeness (QED) is 0.871. The highest BCUT2D eigenvalue weighted by Crippen LogP contribution is 2.32. The SMILES string of the molecule is O=C(CCCl)Nc1c(Cl)ccc2scnc12. The van der Waals surface area contributed by atoms with Crippen LogP contribution in [0, 0.1) is 0 Å². The first-order valence-corrected chi connectivity index (χ1v) is 6.39. The Balaban J connectivity index is 2.38. The van der Waals surface area contributed by atoms with E-state index >= 15 is 0 Å². The molecular formula is C10H8Cl2N2OS. The first-order valence-electron chi connectivity index (χ1n) is 4.60. The fraction of sp³-hybridized carbons (Fsp3) is 0.200. The van der Waals surface area contributed by atoms with Crippen LogP contribution in [-0.4, -0.2) is 16.8 Å². The lowest BCUT2D eigenvalue weighted by Gasteiger charge is -2.06. The van der Waals surface area contributed by atoms with Crippen molar-refractivity contribution in [1.29, 1.82) is 0 Å². The van der Waals surface area contributed by atoms with Gasteiger partial charge in [-0.1, -0.05) is 11.6 Å². The summed E-state index contributed by atoms with van der Waals surface area (Å²) in [6.45, 7) is 0. The van der Waals surface area contributed by atoms with Crippen molar-refractivity contribution in [3.63, 3.8) is 0 Å². The zero-order valence-electron chi connectivity index (χ0n) is 8.17. The summed E-state index contributed by atoms with van der Waals surface area (Å²) in [6, 6.07) is 3.63. The maximum atomic E-state index is 11.5. The molecule has 1 N–H and O–H groups in total. The predicted molar refractivity (Wildman–Crippen MR) is 68.6 cm³/mol.